The summed E-state index contributed by atoms with van der Waals surface area (Å²) in [6.45, 7) is 3.27. The van der Waals surface area contributed by atoms with E-state index in [1.54, 1.807) is 6.20 Å². The number of aliphatic imine (C=N–C) groups is 1. The average molecular weight is 364 g/mol. The largest absolute Gasteiger partial charge is 0.378 e. The van der Waals surface area contributed by atoms with E-state index in [1.807, 2.05) is 27.1 Å². The van der Waals surface area contributed by atoms with Crippen molar-refractivity contribution in [1.82, 2.24) is 15.3 Å². The summed E-state index contributed by atoms with van der Waals surface area (Å²) >= 11 is 0. The summed E-state index contributed by atoms with van der Waals surface area (Å²) in [6, 6.07) is 10.2. The lowest BCUT2D eigenvalue weighted by Gasteiger charge is -2.35. The normalized spacial score (nSPS) is 18.4. The zero-order chi connectivity index (χ0) is 19.0. The number of hydrogen-bond acceptors (Lipinski definition) is 6. The van der Waals surface area contributed by atoms with Crippen LogP contribution in [-0.4, -0.2) is 54.4 Å². The molecule has 1 spiro atoms. The topological polar surface area (TPSA) is 73.7 Å². The van der Waals surface area contributed by atoms with Crippen molar-refractivity contribution in [2.75, 3.05) is 37.0 Å². The molecule has 7 heteroatoms. The quantitative estimate of drug-likeness (QED) is 0.903. The number of carbonyl (C=O) groups is 1. The van der Waals surface area contributed by atoms with Crippen LogP contribution in [0.25, 0.3) is 11.3 Å². The van der Waals surface area contributed by atoms with E-state index in [0.717, 1.165) is 16.9 Å². The lowest BCUT2D eigenvalue weighted by molar-refractivity contribution is -0.124. The molecule has 4 rings (SSSR count). The van der Waals surface area contributed by atoms with Crippen molar-refractivity contribution in [2.24, 2.45) is 4.99 Å². The highest BCUT2D eigenvalue weighted by Crippen LogP contribution is 2.31. The minimum Gasteiger partial charge on any atom is -0.378 e. The molecule has 1 saturated heterocycles. The van der Waals surface area contributed by atoms with Crippen LogP contribution in [0.4, 0.5) is 11.6 Å². The maximum Gasteiger partial charge on any atom is 0.253 e. The van der Waals surface area contributed by atoms with Gasteiger partial charge in [0.05, 0.1) is 5.69 Å². The molecule has 7 nitrogen and oxygen atoms in total. The second kappa shape index (κ2) is 6.64. The fourth-order valence-corrected chi connectivity index (χ4v) is 3.69. The molecule has 1 N–H and O–H groups in total. The lowest BCUT2D eigenvalue weighted by atomic mass is 9.88. The first kappa shape index (κ1) is 17.5. The van der Waals surface area contributed by atoms with Crippen LogP contribution >= 0.6 is 0 Å². The van der Waals surface area contributed by atoms with Gasteiger partial charge in [-0.2, -0.15) is 0 Å². The highest BCUT2D eigenvalue weighted by molar-refractivity contribution is 6.07. The van der Waals surface area contributed by atoms with Gasteiger partial charge in [0, 0.05) is 44.6 Å². The van der Waals surface area contributed by atoms with Gasteiger partial charge in [0.2, 0.25) is 5.95 Å². The molecule has 1 aromatic carbocycles. The summed E-state index contributed by atoms with van der Waals surface area (Å²) in [5.74, 6) is 1.45. The smallest absolute Gasteiger partial charge is 0.253 e. The third-order valence-corrected chi connectivity index (χ3v) is 5.29. The zero-order valence-corrected chi connectivity index (χ0v) is 15.9. The Hall–Kier alpha value is -2.96. The fourth-order valence-electron chi connectivity index (χ4n) is 3.69. The first-order chi connectivity index (χ1) is 13.0. The van der Waals surface area contributed by atoms with Crippen LogP contribution < -0.4 is 15.1 Å². The Labute approximate surface area is 159 Å². The molecule has 1 fully saturated rings. The highest BCUT2D eigenvalue weighted by Gasteiger charge is 2.45. The van der Waals surface area contributed by atoms with Crippen molar-refractivity contribution < 1.29 is 4.79 Å². The number of anilines is 2. The Morgan fingerprint density at radius 3 is 2.41 bits per heavy atom. The summed E-state index contributed by atoms with van der Waals surface area (Å²) in [7, 11) is 4.05. The summed E-state index contributed by atoms with van der Waals surface area (Å²) < 4.78 is 0. The van der Waals surface area contributed by atoms with E-state index >= 15 is 0 Å². The van der Waals surface area contributed by atoms with E-state index in [1.165, 1.54) is 0 Å². The van der Waals surface area contributed by atoms with E-state index in [0.29, 0.717) is 37.7 Å². The standard InChI is InChI=1S/C20H24N6O/c1-14-22-18(27)20(24-14)9-12-26(13-10-20)19-21-11-8-17(23-19)15-4-6-16(7-5-15)25(2)3/h4-8,11H,9-10,12-13H2,1-3H3,(H,22,24,27). The minimum absolute atomic E-state index is 0.0234. The number of amidine groups is 1. The lowest BCUT2D eigenvalue weighted by Crippen LogP contribution is -2.49. The van der Waals surface area contributed by atoms with Crippen LogP contribution in [0.2, 0.25) is 0 Å². The van der Waals surface area contributed by atoms with Gasteiger partial charge in [-0.05, 0) is 38.0 Å². The van der Waals surface area contributed by atoms with Crippen molar-refractivity contribution in [3.63, 3.8) is 0 Å². The van der Waals surface area contributed by atoms with Crippen LogP contribution in [-0.2, 0) is 4.79 Å². The Morgan fingerprint density at radius 2 is 1.81 bits per heavy atom. The predicted molar refractivity (Wildman–Crippen MR) is 107 cm³/mol. The van der Waals surface area contributed by atoms with Crippen LogP contribution in [0.15, 0.2) is 41.5 Å². The van der Waals surface area contributed by atoms with E-state index in [9.17, 15) is 4.79 Å². The van der Waals surface area contributed by atoms with Crippen molar-refractivity contribution in [2.45, 2.75) is 25.3 Å². The van der Waals surface area contributed by atoms with Gasteiger partial charge in [-0.1, -0.05) is 12.1 Å². The van der Waals surface area contributed by atoms with Crippen molar-refractivity contribution in [1.29, 1.82) is 0 Å². The molecule has 0 saturated carbocycles. The molecule has 0 unspecified atom stereocenters. The summed E-state index contributed by atoms with van der Waals surface area (Å²) in [6.07, 6.45) is 3.16. The van der Waals surface area contributed by atoms with E-state index in [-0.39, 0.29) is 5.91 Å². The first-order valence-corrected chi connectivity index (χ1v) is 9.20. The van der Waals surface area contributed by atoms with Gasteiger partial charge in [-0.15, -0.1) is 0 Å². The third kappa shape index (κ3) is 3.25. The molecule has 3 heterocycles. The number of nitrogens with zero attached hydrogens (tertiary/aromatic N) is 5. The van der Waals surface area contributed by atoms with Gasteiger partial charge >= 0.3 is 0 Å². The Bertz CT molecular complexity index is 882. The molecule has 2 aliphatic rings. The van der Waals surface area contributed by atoms with Crippen LogP contribution in [0, 0.1) is 0 Å². The molecule has 0 bridgehead atoms. The highest BCUT2D eigenvalue weighted by atomic mass is 16.2. The third-order valence-electron chi connectivity index (χ3n) is 5.29. The average Bonchev–Trinajstić information content (AvgIpc) is 2.95. The molecule has 1 amide bonds. The minimum atomic E-state index is -0.597. The van der Waals surface area contributed by atoms with Gasteiger partial charge in [-0.3, -0.25) is 9.79 Å². The second-order valence-electron chi connectivity index (χ2n) is 7.35. The molecule has 2 aromatic rings. The van der Waals surface area contributed by atoms with Gasteiger partial charge in [0.1, 0.15) is 11.4 Å². The van der Waals surface area contributed by atoms with Gasteiger partial charge < -0.3 is 15.1 Å². The number of aromatic nitrogens is 2. The molecule has 2 aliphatic heterocycles. The number of benzene rings is 1. The SMILES string of the molecule is CC1=NC2(CCN(c3nccc(-c4ccc(N(C)C)cc4)n3)CC2)C(=O)N1. The summed E-state index contributed by atoms with van der Waals surface area (Å²) in [5.41, 5.74) is 2.52. The van der Waals surface area contributed by atoms with Gasteiger partial charge in [-0.25, -0.2) is 9.97 Å². The number of hydrogen-bond donors (Lipinski definition) is 1. The predicted octanol–water partition coefficient (Wildman–Crippen LogP) is 2.10. The Balaban J connectivity index is 1.51. The first-order valence-electron chi connectivity index (χ1n) is 9.20. The van der Waals surface area contributed by atoms with Crippen molar-refractivity contribution >= 4 is 23.4 Å². The molecule has 27 heavy (non-hydrogen) atoms. The second-order valence-corrected chi connectivity index (χ2v) is 7.35. The van der Waals surface area contributed by atoms with E-state index in [2.05, 4.69) is 49.4 Å². The molecule has 1 aromatic heterocycles. The monoisotopic (exact) mass is 364 g/mol. The number of carbonyl (C=O) groups excluding carboxylic acids is 1. The molecule has 0 atom stereocenters. The maximum atomic E-state index is 12.2. The Kier molecular flexibility index (Phi) is 4.30. The molecule has 0 aliphatic carbocycles. The van der Waals surface area contributed by atoms with Crippen LogP contribution in [0.1, 0.15) is 19.8 Å². The molecular formula is C20H24N6O. The van der Waals surface area contributed by atoms with E-state index in [4.69, 9.17) is 4.98 Å². The zero-order valence-electron chi connectivity index (χ0n) is 15.9. The summed E-state index contributed by atoms with van der Waals surface area (Å²) in [5, 5.41) is 2.83. The fraction of sp³-hybridized carbons (Fsp3) is 0.400. The van der Waals surface area contributed by atoms with Crippen molar-refractivity contribution in [3.8, 4) is 11.3 Å². The van der Waals surface area contributed by atoms with Gasteiger partial charge in [0.25, 0.3) is 5.91 Å². The van der Waals surface area contributed by atoms with Crippen LogP contribution in [0.5, 0.6) is 0 Å². The molecule has 140 valence electrons. The molecule has 0 radical (unpaired) electrons. The molecular weight excluding hydrogens is 340 g/mol. The van der Waals surface area contributed by atoms with Crippen LogP contribution in [0.3, 0.4) is 0 Å². The number of amides is 1. The number of rotatable bonds is 3. The Morgan fingerprint density at radius 1 is 1.11 bits per heavy atom. The van der Waals surface area contributed by atoms with E-state index < -0.39 is 5.54 Å². The number of nitrogens with one attached hydrogen (secondary N) is 1. The van der Waals surface area contributed by atoms with Gasteiger partial charge in [0.15, 0.2) is 0 Å². The summed E-state index contributed by atoms with van der Waals surface area (Å²) in [4.78, 5) is 30.2. The van der Waals surface area contributed by atoms with Crippen molar-refractivity contribution in [3.05, 3.63) is 36.5 Å². The number of piperidine rings is 1. The maximum absolute atomic E-state index is 12.2.